The maximum atomic E-state index is 13.3. The van der Waals surface area contributed by atoms with E-state index in [0.717, 1.165) is 22.4 Å². The Balaban J connectivity index is 0.00000769. The van der Waals surface area contributed by atoms with Crippen LogP contribution in [0.2, 0.25) is 0 Å². The molecule has 15 nitrogen and oxygen atoms in total. The number of hydrogen-bond acceptors (Lipinski definition) is 10. The predicted molar refractivity (Wildman–Crippen MR) is 224 cm³/mol. The van der Waals surface area contributed by atoms with Crippen molar-refractivity contribution in [1.82, 2.24) is 27.4 Å². The zero-order valence-corrected chi connectivity index (χ0v) is 33.1. The number of carbonyl (C=O) groups excluding carboxylic acids is 5. The van der Waals surface area contributed by atoms with Gasteiger partial charge in [0.25, 0.3) is 11.8 Å². The van der Waals surface area contributed by atoms with Gasteiger partial charge in [0.15, 0.2) is 0 Å². The molecule has 4 aromatic carbocycles. The number of nitrogens with zero attached hydrogens (tertiary/aromatic N) is 3. The van der Waals surface area contributed by atoms with Gasteiger partial charge in [0.05, 0.1) is 50.0 Å². The summed E-state index contributed by atoms with van der Waals surface area (Å²) in [5, 5.41) is 19.3. The summed E-state index contributed by atoms with van der Waals surface area (Å²) in [6, 6.07) is 28.7. The van der Waals surface area contributed by atoms with Crippen LogP contribution < -0.4 is 32.3 Å². The second-order valence-electron chi connectivity index (χ2n) is 13.1. The Morgan fingerprint density at radius 1 is 0.610 bits per heavy atom. The van der Waals surface area contributed by atoms with E-state index in [0.29, 0.717) is 75.0 Å². The van der Waals surface area contributed by atoms with Crippen LogP contribution in [-0.2, 0) is 30.4 Å². The van der Waals surface area contributed by atoms with Crippen molar-refractivity contribution in [3.05, 3.63) is 125 Å². The van der Waals surface area contributed by atoms with E-state index in [9.17, 15) is 24.0 Å². The molecule has 0 aromatic heterocycles. The van der Waals surface area contributed by atoms with Gasteiger partial charge < -0.3 is 41.8 Å². The molecule has 0 saturated heterocycles. The number of carbonyl (C=O) groups is 5. The molecule has 1 heterocycles. The zero-order chi connectivity index (χ0) is 41.0. The molecular weight excluding hydrogens is 753 g/mol. The third-order valence-corrected chi connectivity index (χ3v) is 8.88. The highest BCUT2D eigenvalue weighted by molar-refractivity contribution is 5.96. The van der Waals surface area contributed by atoms with Gasteiger partial charge >= 0.3 is 0 Å². The molecule has 0 aliphatic carbocycles. The van der Waals surface area contributed by atoms with E-state index in [1.165, 1.54) is 0 Å². The van der Waals surface area contributed by atoms with Crippen molar-refractivity contribution in [3.8, 4) is 11.8 Å². The maximum absolute atomic E-state index is 13.3. The van der Waals surface area contributed by atoms with Gasteiger partial charge in [-0.3, -0.25) is 24.0 Å². The Labute approximate surface area is 343 Å². The van der Waals surface area contributed by atoms with Gasteiger partial charge in [-0.15, -0.1) is 0 Å². The Morgan fingerprint density at radius 2 is 1.14 bits per heavy atom. The number of ether oxygens (including phenoxy) is 2. The number of fused-ring (bicyclic) bond motifs is 2. The van der Waals surface area contributed by atoms with Gasteiger partial charge in [0.2, 0.25) is 17.7 Å². The predicted octanol–water partition coefficient (Wildman–Crippen LogP) is 5.13. The van der Waals surface area contributed by atoms with E-state index >= 15 is 0 Å². The van der Waals surface area contributed by atoms with Crippen molar-refractivity contribution in [3.63, 3.8) is 0 Å². The van der Waals surface area contributed by atoms with Crippen LogP contribution in [0.4, 0.5) is 17.1 Å². The summed E-state index contributed by atoms with van der Waals surface area (Å²) in [5.41, 5.74) is 5.54. The summed E-state index contributed by atoms with van der Waals surface area (Å²) in [5.74, 6) is 5.45. The van der Waals surface area contributed by atoms with Crippen molar-refractivity contribution < 1.29 is 33.4 Å². The van der Waals surface area contributed by atoms with Crippen LogP contribution in [0.25, 0.3) is 0 Å². The number of azo groups is 1. The molecule has 0 atom stereocenters. The summed E-state index contributed by atoms with van der Waals surface area (Å²) in [6.45, 7) is 2.48. The quantitative estimate of drug-likeness (QED) is 0.0458. The van der Waals surface area contributed by atoms with Crippen LogP contribution in [0, 0.1) is 11.8 Å². The molecule has 1 aliphatic rings. The molecule has 0 bridgehead atoms. The second-order valence-corrected chi connectivity index (χ2v) is 13.1. The van der Waals surface area contributed by atoms with Crippen LogP contribution in [0.1, 0.15) is 63.1 Å². The molecule has 1 aliphatic heterocycles. The monoisotopic (exact) mass is 802 g/mol. The fourth-order valence-electron chi connectivity index (χ4n) is 5.78. The molecule has 4 aromatic rings. The van der Waals surface area contributed by atoms with E-state index < -0.39 is 0 Å². The number of nitrogens with one attached hydrogen (secondary N) is 4. The number of hydrogen-bond donors (Lipinski definition) is 5. The van der Waals surface area contributed by atoms with Crippen LogP contribution in [0.15, 0.2) is 107 Å². The SMILES string of the molecule is CNC(=O)c1ccc(N=Nc2ccc(C(=O)NCCOCCOCCNC(=O)CCCC(=O)NCCC(=O)N3Cc4ccccc4C#Cc4ccccc43)cc2)cc1.N. The van der Waals surface area contributed by atoms with Crippen LogP contribution in [0.5, 0.6) is 0 Å². The number of rotatable bonds is 20. The fraction of sp³-hybridized carbons (Fsp3) is 0.295. The van der Waals surface area contributed by atoms with Gasteiger partial charge in [-0.2, -0.15) is 10.2 Å². The summed E-state index contributed by atoms with van der Waals surface area (Å²) >= 11 is 0. The first kappa shape index (κ1) is 45.0. The van der Waals surface area contributed by atoms with Crippen LogP contribution in [-0.4, -0.2) is 82.6 Å². The largest absolute Gasteiger partial charge is 0.377 e. The van der Waals surface area contributed by atoms with Gasteiger partial charge in [-0.25, -0.2) is 0 Å². The van der Waals surface area contributed by atoms with Gasteiger partial charge in [-0.05, 0) is 78.7 Å². The number of benzene rings is 4. The standard InChI is InChI=1S/C44H47N7O7.H3N/c1-45-43(55)34-15-19-37(20-16-34)49-50-38-21-17-35(18-22-38)44(56)48-26-28-58-30-29-57-27-25-47-41(53)12-6-11-40(52)46-24-23-42(54)51-31-36-9-3-2-7-32(36)13-14-33-8-4-5-10-39(33)51;/h2-5,7-10,15-22H,6,11-12,23-31H2,1H3,(H,45,55)(H,46,52)(H,47,53)(H,48,56);1H3. The smallest absolute Gasteiger partial charge is 0.251 e. The molecule has 7 N–H and O–H groups in total. The average Bonchev–Trinajstić information content (AvgIpc) is 3.24. The number of para-hydroxylation sites is 1. The maximum Gasteiger partial charge on any atom is 0.251 e. The van der Waals surface area contributed by atoms with Crippen molar-refractivity contribution in [2.45, 2.75) is 32.2 Å². The lowest BCUT2D eigenvalue weighted by atomic mass is 10.0. The van der Waals surface area contributed by atoms with E-state index in [1.807, 2.05) is 48.5 Å². The highest BCUT2D eigenvalue weighted by Crippen LogP contribution is 2.26. The lowest BCUT2D eigenvalue weighted by molar-refractivity contribution is -0.122. The highest BCUT2D eigenvalue weighted by Gasteiger charge is 2.21. The van der Waals surface area contributed by atoms with Gasteiger partial charge in [0, 0.05) is 68.2 Å². The molecule has 0 fully saturated rings. The topological polar surface area (TPSA) is 215 Å². The number of anilines is 1. The Hall–Kier alpha value is -6.73. The third-order valence-electron chi connectivity index (χ3n) is 8.88. The molecule has 0 radical (unpaired) electrons. The summed E-state index contributed by atoms with van der Waals surface area (Å²) in [6.07, 6.45) is 0.871. The Morgan fingerprint density at radius 3 is 1.76 bits per heavy atom. The minimum atomic E-state index is -0.245. The summed E-state index contributed by atoms with van der Waals surface area (Å²) < 4.78 is 11.0. The van der Waals surface area contributed by atoms with E-state index in [4.69, 9.17) is 9.47 Å². The lowest BCUT2D eigenvalue weighted by Crippen LogP contribution is -2.35. The average molecular weight is 803 g/mol. The normalized spacial score (nSPS) is 11.4. The Kier molecular flexibility index (Phi) is 18.4. The van der Waals surface area contributed by atoms with Crippen molar-refractivity contribution in [1.29, 1.82) is 0 Å². The van der Waals surface area contributed by atoms with Crippen molar-refractivity contribution in [2.75, 3.05) is 58.0 Å². The van der Waals surface area contributed by atoms with E-state index in [-0.39, 0.29) is 61.5 Å². The molecule has 308 valence electrons. The fourth-order valence-corrected chi connectivity index (χ4v) is 5.78. The molecular formula is C44H50N8O7. The molecule has 15 heteroatoms. The molecule has 0 saturated carbocycles. The summed E-state index contributed by atoms with van der Waals surface area (Å²) in [4.78, 5) is 63.8. The summed E-state index contributed by atoms with van der Waals surface area (Å²) in [7, 11) is 1.57. The first-order valence-electron chi connectivity index (χ1n) is 19.1. The first-order chi connectivity index (χ1) is 28.3. The Bertz CT molecular complexity index is 2130. The minimum Gasteiger partial charge on any atom is -0.377 e. The highest BCUT2D eigenvalue weighted by atomic mass is 16.5. The van der Waals surface area contributed by atoms with Gasteiger partial charge in [-0.1, -0.05) is 42.2 Å². The molecule has 5 amide bonds. The molecule has 0 spiro atoms. The van der Waals surface area contributed by atoms with Crippen molar-refractivity contribution in [2.24, 2.45) is 10.2 Å². The second kappa shape index (κ2) is 24.1. The third kappa shape index (κ3) is 14.6. The van der Waals surface area contributed by atoms with Crippen LogP contribution in [0.3, 0.4) is 0 Å². The molecule has 59 heavy (non-hydrogen) atoms. The molecule has 5 rings (SSSR count). The zero-order valence-electron chi connectivity index (χ0n) is 33.1. The van der Waals surface area contributed by atoms with Gasteiger partial charge in [0.1, 0.15) is 0 Å². The number of amides is 5. The van der Waals surface area contributed by atoms with Crippen LogP contribution >= 0.6 is 0 Å². The van der Waals surface area contributed by atoms with Crippen molar-refractivity contribution >= 4 is 46.6 Å². The van der Waals surface area contributed by atoms with E-state index in [1.54, 1.807) is 60.5 Å². The lowest BCUT2D eigenvalue weighted by Gasteiger charge is -2.26. The molecule has 0 unspecified atom stereocenters. The minimum absolute atomic E-state index is 0. The van der Waals surface area contributed by atoms with E-state index in [2.05, 4.69) is 43.3 Å². The first-order valence-corrected chi connectivity index (χ1v) is 19.1.